The van der Waals surface area contributed by atoms with Gasteiger partial charge in [0, 0.05) is 31.2 Å². The molecular formula is C20H21N3O5S2. The summed E-state index contributed by atoms with van der Waals surface area (Å²) in [6, 6.07) is 11.8. The molecule has 0 aliphatic rings. The van der Waals surface area contributed by atoms with E-state index in [1.54, 1.807) is 42.0 Å². The summed E-state index contributed by atoms with van der Waals surface area (Å²) in [5.41, 5.74) is 1.40. The van der Waals surface area contributed by atoms with E-state index in [-0.39, 0.29) is 10.8 Å². The van der Waals surface area contributed by atoms with Gasteiger partial charge in [0.25, 0.3) is 10.0 Å². The van der Waals surface area contributed by atoms with Crippen LogP contribution in [-0.2, 0) is 21.4 Å². The fraction of sp³-hybridized carbons (Fsp3) is 0.200. The fourth-order valence-corrected chi connectivity index (χ4v) is 4.89. The van der Waals surface area contributed by atoms with Crippen molar-refractivity contribution in [3.8, 4) is 11.5 Å². The topological polar surface area (TPSA) is 97.8 Å². The number of methoxy groups -OCH3 is 1. The fourth-order valence-electron chi connectivity index (χ4n) is 2.56. The van der Waals surface area contributed by atoms with E-state index in [0.717, 1.165) is 21.2 Å². The molecule has 0 radical (unpaired) electrons. The summed E-state index contributed by atoms with van der Waals surface area (Å²) in [4.78, 5) is 16.4. The second-order valence-electron chi connectivity index (χ2n) is 6.25. The highest BCUT2D eigenvalue weighted by atomic mass is 32.2. The van der Waals surface area contributed by atoms with E-state index >= 15 is 0 Å². The second kappa shape index (κ2) is 9.70. The van der Waals surface area contributed by atoms with Gasteiger partial charge in [-0.2, -0.15) is 4.31 Å². The average molecular weight is 448 g/mol. The Kier molecular flexibility index (Phi) is 7.03. The van der Waals surface area contributed by atoms with Gasteiger partial charge in [-0.15, -0.1) is 11.3 Å². The third-order valence-electron chi connectivity index (χ3n) is 4.12. The van der Waals surface area contributed by atoms with E-state index in [4.69, 9.17) is 9.47 Å². The molecule has 30 heavy (non-hydrogen) atoms. The SMILES string of the molecule is COc1ccc(NC(=O)CN(C)S(=O)(=O)c2cccs2)cc1OCc1ccncc1. The highest BCUT2D eigenvalue weighted by molar-refractivity contribution is 7.91. The van der Waals surface area contributed by atoms with Gasteiger partial charge in [-0.25, -0.2) is 8.42 Å². The van der Waals surface area contributed by atoms with Crippen molar-refractivity contribution in [3.63, 3.8) is 0 Å². The molecular weight excluding hydrogens is 426 g/mol. The lowest BCUT2D eigenvalue weighted by Gasteiger charge is -2.16. The number of nitrogens with zero attached hydrogens (tertiary/aromatic N) is 2. The number of aromatic nitrogens is 1. The first-order chi connectivity index (χ1) is 14.4. The van der Waals surface area contributed by atoms with Crippen LogP contribution in [0.3, 0.4) is 0 Å². The minimum absolute atomic E-state index is 0.189. The zero-order valence-corrected chi connectivity index (χ0v) is 18.1. The Balaban J connectivity index is 1.66. The highest BCUT2D eigenvalue weighted by Crippen LogP contribution is 2.31. The molecule has 0 spiro atoms. The highest BCUT2D eigenvalue weighted by Gasteiger charge is 2.24. The molecule has 0 aliphatic carbocycles. The molecule has 0 saturated carbocycles. The van der Waals surface area contributed by atoms with Gasteiger partial charge in [-0.1, -0.05) is 6.07 Å². The van der Waals surface area contributed by atoms with Gasteiger partial charge in [-0.3, -0.25) is 9.78 Å². The molecule has 1 amide bonds. The van der Waals surface area contributed by atoms with E-state index in [1.165, 1.54) is 20.2 Å². The molecule has 1 aromatic carbocycles. The number of ether oxygens (including phenoxy) is 2. The quantitative estimate of drug-likeness (QED) is 0.542. The number of carbonyl (C=O) groups is 1. The van der Waals surface area contributed by atoms with Gasteiger partial charge in [0.15, 0.2) is 11.5 Å². The van der Waals surface area contributed by atoms with Crippen LogP contribution in [0.1, 0.15) is 5.56 Å². The van der Waals surface area contributed by atoms with Crippen LogP contribution in [0.5, 0.6) is 11.5 Å². The van der Waals surface area contributed by atoms with Crippen LogP contribution < -0.4 is 14.8 Å². The molecule has 2 heterocycles. The first-order valence-electron chi connectivity index (χ1n) is 8.89. The Morgan fingerprint density at radius 3 is 2.60 bits per heavy atom. The molecule has 1 N–H and O–H groups in total. The van der Waals surface area contributed by atoms with Crippen LogP contribution in [0.2, 0.25) is 0 Å². The lowest BCUT2D eigenvalue weighted by atomic mass is 10.2. The Bertz CT molecular complexity index is 1090. The van der Waals surface area contributed by atoms with E-state index < -0.39 is 15.9 Å². The first-order valence-corrected chi connectivity index (χ1v) is 11.2. The smallest absolute Gasteiger partial charge is 0.252 e. The van der Waals surface area contributed by atoms with Crippen LogP contribution in [0.15, 0.2) is 64.4 Å². The van der Waals surface area contributed by atoms with E-state index in [0.29, 0.717) is 23.8 Å². The summed E-state index contributed by atoms with van der Waals surface area (Å²) in [6.45, 7) is -0.0163. The lowest BCUT2D eigenvalue weighted by Crippen LogP contribution is -2.34. The summed E-state index contributed by atoms with van der Waals surface area (Å²) in [5, 5.41) is 4.37. The number of hydrogen-bond donors (Lipinski definition) is 1. The Labute approximate surface area is 179 Å². The maximum absolute atomic E-state index is 12.5. The number of carbonyl (C=O) groups excluding carboxylic acids is 1. The monoisotopic (exact) mass is 447 g/mol. The molecule has 158 valence electrons. The molecule has 0 aliphatic heterocycles. The van der Waals surface area contributed by atoms with Crippen LogP contribution in [0, 0.1) is 0 Å². The molecule has 0 bridgehead atoms. The summed E-state index contributed by atoms with van der Waals surface area (Å²) >= 11 is 1.10. The van der Waals surface area contributed by atoms with Crippen molar-refractivity contribution in [2.24, 2.45) is 0 Å². The molecule has 0 saturated heterocycles. The molecule has 3 aromatic rings. The maximum Gasteiger partial charge on any atom is 0.252 e. The standard InChI is InChI=1S/C20H21N3O5S2/c1-23(30(25,26)20-4-3-11-29-20)13-19(24)22-16-5-6-17(27-2)18(12-16)28-14-15-7-9-21-10-8-15/h3-12H,13-14H2,1-2H3,(H,22,24). The first kappa shape index (κ1) is 21.8. The minimum atomic E-state index is -3.70. The van der Waals surface area contributed by atoms with Crippen molar-refractivity contribution in [2.45, 2.75) is 10.8 Å². The lowest BCUT2D eigenvalue weighted by molar-refractivity contribution is -0.116. The second-order valence-corrected chi connectivity index (χ2v) is 9.47. The molecule has 10 heteroatoms. The number of thiophene rings is 1. The van der Waals surface area contributed by atoms with Crippen molar-refractivity contribution in [1.82, 2.24) is 9.29 Å². The van der Waals surface area contributed by atoms with Crippen LogP contribution in [0.25, 0.3) is 0 Å². The van der Waals surface area contributed by atoms with Gasteiger partial charge >= 0.3 is 0 Å². The van der Waals surface area contributed by atoms with E-state index in [2.05, 4.69) is 10.3 Å². The molecule has 8 nitrogen and oxygen atoms in total. The van der Waals surface area contributed by atoms with Crippen molar-refractivity contribution in [3.05, 3.63) is 65.8 Å². The molecule has 3 rings (SSSR count). The number of nitrogens with one attached hydrogen (secondary N) is 1. The number of pyridine rings is 1. The third kappa shape index (κ3) is 5.35. The molecule has 0 fully saturated rings. The number of hydrogen-bond acceptors (Lipinski definition) is 7. The summed E-state index contributed by atoms with van der Waals surface area (Å²) in [7, 11) is -0.808. The number of amides is 1. The molecule has 0 unspecified atom stereocenters. The summed E-state index contributed by atoms with van der Waals surface area (Å²) < 4.78 is 37.2. The van der Waals surface area contributed by atoms with Crippen LogP contribution in [-0.4, -0.2) is 44.3 Å². The number of likely N-dealkylation sites (N-methyl/N-ethyl adjacent to an activating group) is 1. The predicted octanol–water partition coefficient (Wildman–Crippen LogP) is 2.99. The molecule has 2 aromatic heterocycles. The van der Waals surface area contributed by atoms with Gasteiger partial charge < -0.3 is 14.8 Å². The van der Waals surface area contributed by atoms with Gasteiger partial charge in [-0.05, 0) is 41.3 Å². The maximum atomic E-state index is 12.5. The number of anilines is 1. The Morgan fingerprint density at radius 2 is 1.93 bits per heavy atom. The van der Waals surface area contributed by atoms with Gasteiger partial charge in [0.1, 0.15) is 10.8 Å². The minimum Gasteiger partial charge on any atom is -0.493 e. The summed E-state index contributed by atoms with van der Waals surface area (Å²) in [5.74, 6) is 0.494. The van der Waals surface area contributed by atoms with Crippen molar-refractivity contribution in [2.75, 3.05) is 26.0 Å². The molecule has 0 atom stereocenters. The van der Waals surface area contributed by atoms with E-state index in [1.807, 2.05) is 12.1 Å². The van der Waals surface area contributed by atoms with Gasteiger partial charge in [0.2, 0.25) is 5.91 Å². The van der Waals surface area contributed by atoms with E-state index in [9.17, 15) is 13.2 Å². The van der Waals surface area contributed by atoms with Crippen LogP contribution in [0.4, 0.5) is 5.69 Å². The Hall–Kier alpha value is -2.95. The zero-order valence-electron chi connectivity index (χ0n) is 16.4. The van der Waals surface area contributed by atoms with Crippen molar-refractivity contribution < 1.29 is 22.7 Å². The number of rotatable bonds is 9. The van der Waals surface area contributed by atoms with Crippen molar-refractivity contribution >= 4 is 33.0 Å². The third-order valence-corrected chi connectivity index (χ3v) is 7.29. The Morgan fingerprint density at radius 1 is 1.17 bits per heavy atom. The average Bonchev–Trinajstić information content (AvgIpc) is 3.29. The largest absolute Gasteiger partial charge is 0.493 e. The normalized spacial score (nSPS) is 11.3. The van der Waals surface area contributed by atoms with Gasteiger partial charge in [0.05, 0.1) is 13.7 Å². The number of benzene rings is 1. The van der Waals surface area contributed by atoms with Crippen molar-refractivity contribution in [1.29, 1.82) is 0 Å². The predicted molar refractivity (Wildman–Crippen MR) is 114 cm³/mol. The summed E-state index contributed by atoms with van der Waals surface area (Å²) in [6.07, 6.45) is 3.35. The van der Waals surface area contributed by atoms with Crippen LogP contribution >= 0.6 is 11.3 Å². The number of sulfonamides is 1. The zero-order chi connectivity index (χ0) is 21.6.